The molecule has 0 aliphatic rings. The lowest BCUT2D eigenvalue weighted by Gasteiger charge is -2.18. The number of unbranched alkanes of at least 4 members (excludes halogenated alkanes) is 35. The van der Waals surface area contributed by atoms with Crippen LogP contribution in [0.15, 0.2) is 97.2 Å². The number of hydrogen-bond acceptors (Lipinski definition) is 6. The maximum atomic E-state index is 12.9. The lowest BCUT2D eigenvalue weighted by atomic mass is 10.0. The second-order valence-electron chi connectivity index (χ2n) is 22.7. The van der Waals surface area contributed by atoms with Gasteiger partial charge in [0.1, 0.15) is 13.2 Å². The average Bonchev–Trinajstić information content (AvgIpc) is 3.46. The number of esters is 3. The molecule has 0 spiro atoms. The van der Waals surface area contributed by atoms with Crippen LogP contribution in [0.1, 0.15) is 335 Å². The predicted octanol–water partition coefficient (Wildman–Crippen LogP) is 23.6. The molecule has 80 heavy (non-hydrogen) atoms. The minimum atomic E-state index is -0.799. The smallest absolute Gasteiger partial charge is 0.306 e. The third-order valence-corrected chi connectivity index (χ3v) is 14.8. The van der Waals surface area contributed by atoms with Gasteiger partial charge in [0.2, 0.25) is 0 Å². The Hall–Kier alpha value is -3.67. The minimum absolute atomic E-state index is 0.0915. The molecule has 0 saturated heterocycles. The zero-order chi connectivity index (χ0) is 57.8. The summed E-state index contributed by atoms with van der Waals surface area (Å²) in [6.07, 6.45) is 91.6. The molecule has 0 amide bonds. The zero-order valence-electron chi connectivity index (χ0n) is 52.8. The Labute approximate surface area is 496 Å². The summed E-state index contributed by atoms with van der Waals surface area (Å²) >= 11 is 0. The van der Waals surface area contributed by atoms with E-state index in [-0.39, 0.29) is 37.5 Å². The number of allylic oxidation sites excluding steroid dienone is 16. The van der Waals surface area contributed by atoms with Crippen molar-refractivity contribution in [1.29, 1.82) is 0 Å². The quantitative estimate of drug-likeness (QED) is 0.0261. The molecular formula is C74H128O6. The van der Waals surface area contributed by atoms with Crippen molar-refractivity contribution < 1.29 is 28.6 Å². The van der Waals surface area contributed by atoms with Crippen molar-refractivity contribution in [3.63, 3.8) is 0 Å². The molecule has 460 valence electrons. The van der Waals surface area contributed by atoms with Crippen LogP contribution >= 0.6 is 0 Å². The molecule has 6 heteroatoms. The van der Waals surface area contributed by atoms with Crippen LogP contribution in [0.25, 0.3) is 0 Å². The molecule has 0 aliphatic heterocycles. The van der Waals surface area contributed by atoms with Crippen molar-refractivity contribution in [2.45, 2.75) is 341 Å². The first-order valence-electron chi connectivity index (χ1n) is 34.2. The molecule has 0 saturated carbocycles. The van der Waals surface area contributed by atoms with Crippen LogP contribution < -0.4 is 0 Å². The van der Waals surface area contributed by atoms with E-state index in [1.54, 1.807) is 0 Å². The van der Waals surface area contributed by atoms with Gasteiger partial charge in [0, 0.05) is 19.3 Å². The van der Waals surface area contributed by atoms with Crippen molar-refractivity contribution in [1.82, 2.24) is 0 Å². The van der Waals surface area contributed by atoms with E-state index >= 15 is 0 Å². The summed E-state index contributed by atoms with van der Waals surface area (Å²) < 4.78 is 16.9. The van der Waals surface area contributed by atoms with Gasteiger partial charge >= 0.3 is 17.9 Å². The Bertz CT molecular complexity index is 1560. The molecule has 0 fully saturated rings. The fourth-order valence-electron chi connectivity index (χ4n) is 9.67. The van der Waals surface area contributed by atoms with E-state index in [0.29, 0.717) is 12.8 Å². The van der Waals surface area contributed by atoms with E-state index in [9.17, 15) is 14.4 Å². The van der Waals surface area contributed by atoms with Gasteiger partial charge in [0.05, 0.1) is 0 Å². The van der Waals surface area contributed by atoms with Crippen LogP contribution in [0, 0.1) is 0 Å². The standard InChI is InChI=1S/C74H128O6/c1-4-7-10-13-16-19-22-25-27-29-31-32-33-34-35-36-37-38-39-40-41-42-44-45-47-49-52-55-58-61-64-67-73(76)79-70-71(69-78-72(75)66-63-60-57-54-51-24-21-18-15-12-9-6-3)80-74(77)68-65-62-59-56-53-50-48-46-43-30-28-26-23-20-17-14-11-8-5-2/h8,11,17-18,20-22,25-26,28-29,31,43,46,50,53,71H,4-7,9-10,12-16,19,23-24,27,30,32-42,44-45,47-49,51-52,54-70H2,1-3H3/b11-8-,20-17-,21-18-,25-22-,28-26-,31-29-,46-43-,53-50-. The normalized spacial score (nSPS) is 12.7. The van der Waals surface area contributed by atoms with Crippen molar-refractivity contribution in [3.05, 3.63) is 97.2 Å². The zero-order valence-corrected chi connectivity index (χ0v) is 52.8. The molecule has 0 aliphatic carbocycles. The van der Waals surface area contributed by atoms with Gasteiger partial charge in [-0.2, -0.15) is 0 Å². The average molecular weight is 1110 g/mol. The van der Waals surface area contributed by atoms with E-state index in [1.165, 1.54) is 186 Å². The highest BCUT2D eigenvalue weighted by atomic mass is 16.6. The van der Waals surface area contributed by atoms with Gasteiger partial charge in [-0.3, -0.25) is 14.4 Å². The summed E-state index contributed by atoms with van der Waals surface area (Å²) in [7, 11) is 0. The first kappa shape index (κ1) is 76.3. The van der Waals surface area contributed by atoms with Crippen LogP contribution in [0.5, 0.6) is 0 Å². The maximum Gasteiger partial charge on any atom is 0.306 e. The Morgan fingerprint density at radius 3 is 0.812 bits per heavy atom. The van der Waals surface area contributed by atoms with Crippen LogP contribution in [-0.4, -0.2) is 37.2 Å². The third-order valence-electron chi connectivity index (χ3n) is 14.8. The summed E-state index contributed by atoms with van der Waals surface area (Å²) in [5.41, 5.74) is 0. The van der Waals surface area contributed by atoms with E-state index in [1.807, 2.05) is 0 Å². The van der Waals surface area contributed by atoms with Crippen LogP contribution in [0.4, 0.5) is 0 Å². The highest BCUT2D eigenvalue weighted by molar-refractivity contribution is 5.71. The summed E-state index contributed by atoms with van der Waals surface area (Å²) in [6.45, 7) is 6.49. The Balaban J connectivity index is 4.22. The highest BCUT2D eigenvalue weighted by Gasteiger charge is 2.19. The van der Waals surface area contributed by atoms with Gasteiger partial charge < -0.3 is 14.2 Å². The summed E-state index contributed by atoms with van der Waals surface area (Å²) in [5.74, 6) is -0.922. The van der Waals surface area contributed by atoms with Gasteiger partial charge in [0.25, 0.3) is 0 Å². The van der Waals surface area contributed by atoms with Gasteiger partial charge in [-0.15, -0.1) is 0 Å². The monoisotopic (exact) mass is 1110 g/mol. The molecule has 1 atom stereocenters. The molecular weight excluding hydrogens is 985 g/mol. The minimum Gasteiger partial charge on any atom is -0.462 e. The molecule has 0 aromatic carbocycles. The largest absolute Gasteiger partial charge is 0.462 e. The first-order chi connectivity index (χ1) is 39.5. The Morgan fingerprint density at radius 1 is 0.263 bits per heavy atom. The third kappa shape index (κ3) is 65.1. The van der Waals surface area contributed by atoms with Crippen LogP contribution in [-0.2, 0) is 28.6 Å². The molecule has 0 aromatic heterocycles. The highest BCUT2D eigenvalue weighted by Crippen LogP contribution is 2.17. The van der Waals surface area contributed by atoms with Crippen LogP contribution in [0.3, 0.4) is 0 Å². The molecule has 0 aromatic rings. The van der Waals surface area contributed by atoms with E-state index in [2.05, 4.69) is 118 Å². The number of hydrogen-bond donors (Lipinski definition) is 0. The summed E-state index contributed by atoms with van der Waals surface area (Å²) in [6, 6.07) is 0. The lowest BCUT2D eigenvalue weighted by molar-refractivity contribution is -0.167. The fraction of sp³-hybridized carbons (Fsp3) is 0.743. The van der Waals surface area contributed by atoms with Gasteiger partial charge in [-0.1, -0.05) is 291 Å². The predicted molar refractivity (Wildman–Crippen MR) is 348 cm³/mol. The summed E-state index contributed by atoms with van der Waals surface area (Å²) in [4.78, 5) is 38.3. The van der Waals surface area contributed by atoms with E-state index < -0.39 is 6.10 Å². The van der Waals surface area contributed by atoms with Crippen molar-refractivity contribution in [2.75, 3.05) is 13.2 Å². The molecule has 0 N–H and O–H groups in total. The summed E-state index contributed by atoms with van der Waals surface area (Å²) in [5, 5.41) is 0. The number of carbonyl (C=O) groups is 3. The molecule has 1 unspecified atom stereocenters. The first-order valence-corrected chi connectivity index (χ1v) is 34.2. The number of rotatable bonds is 62. The SMILES string of the molecule is CC/C=C\C/C=C\C/C=C\C/C=C\C/C=C\CCCCCC(=O)OC(COC(=O)CCCCCCC/C=C\CCCCC)COC(=O)CCCCCCCCCCCCCCCCCCCCC/C=C\C/C=C\CCCCCCC. The van der Waals surface area contributed by atoms with Gasteiger partial charge in [0.15, 0.2) is 6.10 Å². The molecule has 0 radical (unpaired) electrons. The number of carbonyl (C=O) groups excluding carboxylic acids is 3. The van der Waals surface area contributed by atoms with Gasteiger partial charge in [-0.25, -0.2) is 0 Å². The van der Waals surface area contributed by atoms with Crippen molar-refractivity contribution in [3.8, 4) is 0 Å². The second kappa shape index (κ2) is 67.8. The second-order valence-corrected chi connectivity index (χ2v) is 22.7. The van der Waals surface area contributed by atoms with Crippen molar-refractivity contribution >= 4 is 17.9 Å². The van der Waals surface area contributed by atoms with Crippen molar-refractivity contribution in [2.24, 2.45) is 0 Å². The van der Waals surface area contributed by atoms with E-state index in [4.69, 9.17) is 14.2 Å². The molecule has 6 nitrogen and oxygen atoms in total. The maximum absolute atomic E-state index is 12.9. The molecule has 0 bridgehead atoms. The Morgan fingerprint density at radius 2 is 0.487 bits per heavy atom. The molecule has 0 rings (SSSR count). The topological polar surface area (TPSA) is 78.9 Å². The van der Waals surface area contributed by atoms with Gasteiger partial charge in [-0.05, 0) is 122 Å². The lowest BCUT2D eigenvalue weighted by Crippen LogP contribution is -2.30. The van der Waals surface area contributed by atoms with E-state index in [0.717, 1.165) is 109 Å². The molecule has 0 heterocycles. The fourth-order valence-corrected chi connectivity index (χ4v) is 9.67. The van der Waals surface area contributed by atoms with Crippen LogP contribution in [0.2, 0.25) is 0 Å². The Kier molecular flexibility index (Phi) is 64.7. The number of ether oxygens (including phenoxy) is 3.